The van der Waals surface area contributed by atoms with Crippen molar-refractivity contribution in [3.05, 3.63) is 42.2 Å². The molecule has 4 aromatic heterocycles. The first-order valence-electron chi connectivity index (χ1n) is 9.29. The first kappa shape index (κ1) is 16.9. The van der Waals surface area contributed by atoms with E-state index in [9.17, 15) is 4.39 Å². The lowest BCUT2D eigenvalue weighted by Gasteiger charge is -2.07. The van der Waals surface area contributed by atoms with Crippen molar-refractivity contribution in [1.82, 2.24) is 24.9 Å². The molecule has 0 aliphatic heterocycles. The van der Waals surface area contributed by atoms with E-state index >= 15 is 0 Å². The Morgan fingerprint density at radius 3 is 2.71 bits per heavy atom. The Kier molecular flexibility index (Phi) is 3.68. The average molecular weight is 378 g/mol. The van der Waals surface area contributed by atoms with Crippen molar-refractivity contribution in [2.45, 2.75) is 38.6 Å². The Hall–Kier alpha value is -3.29. The molecule has 5 rings (SSSR count). The minimum Gasteiger partial charge on any atom is -0.383 e. The van der Waals surface area contributed by atoms with Crippen molar-refractivity contribution in [1.29, 1.82) is 0 Å². The van der Waals surface area contributed by atoms with Gasteiger partial charge in [-0.15, -0.1) is 0 Å². The van der Waals surface area contributed by atoms with E-state index in [0.717, 1.165) is 36.1 Å². The molecule has 0 aromatic carbocycles. The van der Waals surface area contributed by atoms with Gasteiger partial charge in [-0.25, -0.2) is 9.37 Å². The molecule has 0 unspecified atom stereocenters. The van der Waals surface area contributed by atoms with Crippen molar-refractivity contribution in [2.75, 3.05) is 5.73 Å². The normalized spacial score (nSPS) is 14.3. The number of nitrogens with two attached hydrogens (primary N) is 1. The lowest BCUT2D eigenvalue weighted by molar-refractivity contribution is 0.386. The summed E-state index contributed by atoms with van der Waals surface area (Å²) in [6, 6.07) is 5.61. The maximum Gasteiger partial charge on any atom is 0.167 e. The number of fused-ring (bicyclic) bond motifs is 1. The van der Waals surface area contributed by atoms with Crippen LogP contribution in [0.2, 0.25) is 0 Å². The fourth-order valence-electron chi connectivity index (χ4n) is 3.54. The smallest absolute Gasteiger partial charge is 0.167 e. The zero-order valence-corrected chi connectivity index (χ0v) is 15.6. The van der Waals surface area contributed by atoms with E-state index in [1.165, 1.54) is 0 Å². The van der Waals surface area contributed by atoms with E-state index in [2.05, 4.69) is 20.2 Å². The molecule has 0 spiro atoms. The number of pyridine rings is 2. The van der Waals surface area contributed by atoms with Gasteiger partial charge < -0.3 is 10.3 Å². The van der Waals surface area contributed by atoms with Gasteiger partial charge in [-0.3, -0.25) is 9.67 Å². The lowest BCUT2D eigenvalue weighted by atomic mass is 10.0. The molecule has 1 aliphatic rings. The quantitative estimate of drug-likeness (QED) is 0.568. The first-order valence-corrected chi connectivity index (χ1v) is 9.29. The molecule has 7 nitrogen and oxygen atoms in total. The van der Waals surface area contributed by atoms with Crippen LogP contribution >= 0.6 is 0 Å². The summed E-state index contributed by atoms with van der Waals surface area (Å²) in [5.74, 6) is 0.857. The van der Waals surface area contributed by atoms with Crippen LogP contribution in [0.5, 0.6) is 0 Å². The molecule has 142 valence electrons. The van der Waals surface area contributed by atoms with Crippen LogP contribution in [0.3, 0.4) is 0 Å². The molecule has 8 heteroatoms. The molecular weight excluding hydrogens is 359 g/mol. The highest BCUT2D eigenvalue weighted by Crippen LogP contribution is 2.48. The average Bonchev–Trinajstić information content (AvgIpc) is 3.30. The Balaban J connectivity index is 1.84. The lowest BCUT2D eigenvalue weighted by Crippen LogP contribution is -2.04. The fourth-order valence-corrected chi connectivity index (χ4v) is 3.54. The number of halogens is 1. The summed E-state index contributed by atoms with van der Waals surface area (Å²) in [5.41, 5.74) is 8.98. The third-order valence-electron chi connectivity index (χ3n) is 5.01. The van der Waals surface area contributed by atoms with Crippen LogP contribution < -0.4 is 5.73 Å². The highest BCUT2D eigenvalue weighted by atomic mass is 19.1. The maximum atomic E-state index is 14.6. The van der Waals surface area contributed by atoms with E-state index in [-0.39, 0.29) is 11.9 Å². The van der Waals surface area contributed by atoms with E-state index in [1.54, 1.807) is 10.9 Å². The minimum atomic E-state index is -0.470. The second kappa shape index (κ2) is 6.12. The highest BCUT2D eigenvalue weighted by Gasteiger charge is 2.35. The van der Waals surface area contributed by atoms with E-state index in [4.69, 9.17) is 10.3 Å². The minimum absolute atomic E-state index is 0.0688. The molecule has 0 atom stereocenters. The largest absolute Gasteiger partial charge is 0.383 e. The summed E-state index contributed by atoms with van der Waals surface area (Å²) >= 11 is 0. The second-order valence-corrected chi connectivity index (χ2v) is 7.36. The van der Waals surface area contributed by atoms with Crippen LogP contribution in [0.15, 0.2) is 35.1 Å². The predicted octanol–water partition coefficient (Wildman–Crippen LogP) is 4.33. The van der Waals surface area contributed by atoms with Gasteiger partial charge in [0.1, 0.15) is 28.5 Å². The molecule has 1 fully saturated rings. The standard InChI is InChI=1S/C20H19FN6O/c1-10(2)27-18-12(21)9-24-20(22)15(18)16(25-27)17-14(13-5-3-4-8-23-13)19(28-26-17)11-6-7-11/h3-5,8-11H,6-7H2,1-2H3,(H2,22,24). The van der Waals surface area contributed by atoms with Crippen LogP contribution in [0.1, 0.15) is 44.4 Å². The topological polar surface area (TPSA) is 95.7 Å². The summed E-state index contributed by atoms with van der Waals surface area (Å²) in [7, 11) is 0. The monoisotopic (exact) mass is 378 g/mol. The molecular formula is C20H19FN6O. The maximum absolute atomic E-state index is 14.6. The molecule has 1 saturated carbocycles. The molecule has 0 saturated heterocycles. The van der Waals surface area contributed by atoms with Crippen LogP contribution in [0.4, 0.5) is 10.2 Å². The van der Waals surface area contributed by atoms with E-state index in [1.807, 2.05) is 32.0 Å². The Bertz CT molecular complexity index is 1180. The van der Waals surface area contributed by atoms with Crippen molar-refractivity contribution >= 4 is 16.7 Å². The summed E-state index contributed by atoms with van der Waals surface area (Å²) in [6.45, 7) is 3.87. The van der Waals surface area contributed by atoms with Crippen molar-refractivity contribution in [3.8, 4) is 22.6 Å². The molecule has 2 N–H and O–H groups in total. The van der Waals surface area contributed by atoms with Gasteiger partial charge in [0.15, 0.2) is 5.82 Å². The van der Waals surface area contributed by atoms with Crippen LogP contribution in [0.25, 0.3) is 33.5 Å². The SMILES string of the molecule is CC(C)n1nc(-c2noc(C3CC3)c2-c2ccccn2)c2c(N)ncc(F)c21. The summed E-state index contributed by atoms with van der Waals surface area (Å²) in [6.07, 6.45) is 4.95. The van der Waals surface area contributed by atoms with Gasteiger partial charge in [-0.2, -0.15) is 5.10 Å². The number of rotatable bonds is 4. The molecule has 1 aliphatic carbocycles. The number of nitrogens with zero attached hydrogens (tertiary/aromatic N) is 5. The van der Waals surface area contributed by atoms with E-state index in [0.29, 0.717) is 28.2 Å². The second-order valence-electron chi connectivity index (χ2n) is 7.36. The summed E-state index contributed by atoms with van der Waals surface area (Å²) < 4.78 is 22.0. The molecule has 0 amide bonds. The van der Waals surface area contributed by atoms with Crippen LogP contribution in [0, 0.1) is 5.82 Å². The van der Waals surface area contributed by atoms with Crippen LogP contribution in [-0.2, 0) is 0 Å². The van der Waals surface area contributed by atoms with Crippen molar-refractivity contribution < 1.29 is 8.91 Å². The van der Waals surface area contributed by atoms with Gasteiger partial charge in [-0.05, 0) is 38.8 Å². The molecule has 4 aromatic rings. The third-order valence-corrected chi connectivity index (χ3v) is 5.01. The molecule has 28 heavy (non-hydrogen) atoms. The van der Waals surface area contributed by atoms with Gasteiger partial charge in [0.05, 0.1) is 22.8 Å². The van der Waals surface area contributed by atoms with Crippen molar-refractivity contribution in [3.63, 3.8) is 0 Å². The number of hydrogen-bond acceptors (Lipinski definition) is 6. The number of nitrogen functional groups attached to an aromatic ring is 1. The number of anilines is 1. The number of aromatic nitrogens is 5. The zero-order valence-electron chi connectivity index (χ0n) is 15.6. The molecule has 4 heterocycles. The van der Waals surface area contributed by atoms with Gasteiger partial charge in [-0.1, -0.05) is 11.2 Å². The highest BCUT2D eigenvalue weighted by molar-refractivity contribution is 6.02. The summed E-state index contributed by atoms with van der Waals surface area (Å²) in [4.78, 5) is 8.48. The van der Waals surface area contributed by atoms with Gasteiger partial charge in [0.25, 0.3) is 0 Å². The third kappa shape index (κ3) is 2.48. The van der Waals surface area contributed by atoms with Gasteiger partial charge >= 0.3 is 0 Å². The van der Waals surface area contributed by atoms with Gasteiger partial charge in [0, 0.05) is 18.2 Å². The Morgan fingerprint density at radius 2 is 2.04 bits per heavy atom. The summed E-state index contributed by atoms with van der Waals surface area (Å²) in [5, 5.41) is 9.43. The predicted molar refractivity (Wildman–Crippen MR) is 103 cm³/mol. The van der Waals surface area contributed by atoms with Crippen LogP contribution in [-0.4, -0.2) is 24.9 Å². The van der Waals surface area contributed by atoms with Crippen molar-refractivity contribution in [2.24, 2.45) is 0 Å². The Labute approximate surface area is 160 Å². The fraction of sp³-hybridized carbons (Fsp3) is 0.300. The molecule has 0 radical (unpaired) electrons. The Morgan fingerprint density at radius 1 is 1.21 bits per heavy atom. The van der Waals surface area contributed by atoms with Gasteiger partial charge in [0.2, 0.25) is 0 Å². The molecule has 0 bridgehead atoms. The first-order chi connectivity index (χ1) is 13.6. The number of hydrogen-bond donors (Lipinski definition) is 1. The van der Waals surface area contributed by atoms with E-state index < -0.39 is 5.82 Å². The zero-order chi connectivity index (χ0) is 19.4.